The van der Waals surface area contributed by atoms with Gasteiger partial charge in [0, 0.05) is 13.1 Å². The van der Waals surface area contributed by atoms with E-state index in [1.54, 1.807) is 13.1 Å². The summed E-state index contributed by atoms with van der Waals surface area (Å²) in [6.07, 6.45) is 5.37. The van der Waals surface area contributed by atoms with Crippen molar-refractivity contribution < 1.29 is 14.0 Å². The number of halogens is 1. The molecule has 0 saturated heterocycles. The number of nitrogens with one attached hydrogen (secondary N) is 1. The maximum atomic E-state index is 13.6. The molecule has 2 amide bonds. The molecule has 2 aliphatic rings. The summed E-state index contributed by atoms with van der Waals surface area (Å²) in [6.45, 7) is 0.0619. The van der Waals surface area contributed by atoms with Crippen molar-refractivity contribution in [3.63, 3.8) is 0 Å². The Balaban J connectivity index is 1.76. The van der Waals surface area contributed by atoms with Crippen molar-refractivity contribution in [2.45, 2.75) is 50.0 Å². The van der Waals surface area contributed by atoms with E-state index in [9.17, 15) is 14.0 Å². The Morgan fingerprint density at radius 1 is 1.30 bits per heavy atom. The Morgan fingerprint density at radius 2 is 2.00 bits per heavy atom. The third-order valence-corrected chi connectivity index (χ3v) is 4.91. The first-order valence-corrected chi connectivity index (χ1v) is 8.32. The molecular formula is C18H23FN2O2. The van der Waals surface area contributed by atoms with Crippen molar-refractivity contribution in [2.24, 2.45) is 0 Å². The van der Waals surface area contributed by atoms with Gasteiger partial charge >= 0.3 is 0 Å². The van der Waals surface area contributed by atoms with Crippen molar-refractivity contribution in [2.75, 3.05) is 13.6 Å². The molecule has 4 nitrogen and oxygen atoms in total. The average Bonchev–Trinajstić information content (AvgIpc) is 3.18. The summed E-state index contributed by atoms with van der Waals surface area (Å²) < 4.78 is 13.6. The van der Waals surface area contributed by atoms with Crippen LogP contribution in [0.15, 0.2) is 24.3 Å². The molecule has 2 fully saturated rings. The summed E-state index contributed by atoms with van der Waals surface area (Å²) >= 11 is 0. The molecule has 3 rings (SSSR count). The zero-order valence-corrected chi connectivity index (χ0v) is 13.5. The van der Waals surface area contributed by atoms with Gasteiger partial charge in [-0.05, 0) is 43.4 Å². The second-order valence-electron chi connectivity index (χ2n) is 6.80. The SMILES string of the molecule is CN(CC(=O)NC1CC1)C(=O)C1(c2cccc(F)c2)CCCC1. The second kappa shape index (κ2) is 6.30. The van der Waals surface area contributed by atoms with E-state index in [0.29, 0.717) is 12.8 Å². The lowest BCUT2D eigenvalue weighted by molar-refractivity contribution is -0.139. The number of hydrogen-bond donors (Lipinski definition) is 1. The molecule has 1 aromatic rings. The molecule has 0 radical (unpaired) electrons. The minimum atomic E-state index is -0.684. The van der Waals surface area contributed by atoms with Crippen LogP contribution in [-0.2, 0) is 15.0 Å². The molecule has 5 heteroatoms. The lowest BCUT2D eigenvalue weighted by Gasteiger charge is -2.32. The van der Waals surface area contributed by atoms with E-state index >= 15 is 0 Å². The number of rotatable bonds is 5. The largest absolute Gasteiger partial charge is 0.352 e. The van der Waals surface area contributed by atoms with Gasteiger partial charge in [-0.3, -0.25) is 9.59 Å². The van der Waals surface area contributed by atoms with Crippen LogP contribution < -0.4 is 5.32 Å². The lowest BCUT2D eigenvalue weighted by atomic mass is 9.77. The summed E-state index contributed by atoms with van der Waals surface area (Å²) in [7, 11) is 1.66. The van der Waals surface area contributed by atoms with Crippen LogP contribution in [0.3, 0.4) is 0 Å². The van der Waals surface area contributed by atoms with Crippen LogP contribution in [0, 0.1) is 5.82 Å². The first-order chi connectivity index (χ1) is 11.0. The molecule has 2 aliphatic carbocycles. The van der Waals surface area contributed by atoms with Crippen molar-refractivity contribution >= 4 is 11.8 Å². The first-order valence-electron chi connectivity index (χ1n) is 8.32. The van der Waals surface area contributed by atoms with Gasteiger partial charge in [-0.15, -0.1) is 0 Å². The molecule has 1 N–H and O–H groups in total. The quantitative estimate of drug-likeness (QED) is 0.906. The van der Waals surface area contributed by atoms with E-state index in [0.717, 1.165) is 31.2 Å². The monoisotopic (exact) mass is 318 g/mol. The first kappa shape index (κ1) is 16.0. The number of carbonyl (C=O) groups is 2. The lowest BCUT2D eigenvalue weighted by Crippen LogP contribution is -2.47. The summed E-state index contributed by atoms with van der Waals surface area (Å²) in [5.74, 6) is -0.516. The molecule has 0 heterocycles. The van der Waals surface area contributed by atoms with Crippen molar-refractivity contribution in [3.8, 4) is 0 Å². The standard InChI is InChI=1S/C18H23FN2O2/c1-21(12-16(22)20-15-7-8-15)17(23)18(9-2-3-10-18)13-5-4-6-14(19)11-13/h4-6,11,15H,2-3,7-10,12H2,1H3,(H,20,22). The molecule has 1 aromatic carbocycles. The van der Waals surface area contributed by atoms with Gasteiger partial charge in [0.15, 0.2) is 0 Å². The number of likely N-dealkylation sites (N-methyl/N-ethyl adjacent to an activating group) is 1. The third kappa shape index (κ3) is 3.38. The highest BCUT2D eigenvalue weighted by Crippen LogP contribution is 2.42. The Morgan fingerprint density at radius 3 is 2.61 bits per heavy atom. The van der Waals surface area contributed by atoms with E-state index in [2.05, 4.69) is 5.32 Å². The van der Waals surface area contributed by atoms with Gasteiger partial charge in [-0.25, -0.2) is 4.39 Å². The fraction of sp³-hybridized carbons (Fsp3) is 0.556. The van der Waals surface area contributed by atoms with Gasteiger partial charge in [-0.2, -0.15) is 0 Å². The summed E-state index contributed by atoms with van der Waals surface area (Å²) in [5, 5.41) is 2.90. The van der Waals surface area contributed by atoms with E-state index < -0.39 is 5.41 Å². The molecule has 0 atom stereocenters. The van der Waals surface area contributed by atoms with Crippen LogP contribution >= 0.6 is 0 Å². The maximum absolute atomic E-state index is 13.6. The molecular weight excluding hydrogens is 295 g/mol. The number of amides is 2. The zero-order chi connectivity index (χ0) is 16.4. The van der Waals surface area contributed by atoms with Crippen LogP contribution in [0.25, 0.3) is 0 Å². The predicted molar refractivity (Wildman–Crippen MR) is 85.3 cm³/mol. The smallest absolute Gasteiger partial charge is 0.239 e. The molecule has 0 aliphatic heterocycles. The highest BCUT2D eigenvalue weighted by molar-refractivity contribution is 5.91. The fourth-order valence-electron chi connectivity index (χ4n) is 3.54. The van der Waals surface area contributed by atoms with Crippen molar-refractivity contribution in [1.29, 1.82) is 0 Å². The second-order valence-corrected chi connectivity index (χ2v) is 6.80. The minimum absolute atomic E-state index is 0.0619. The van der Waals surface area contributed by atoms with E-state index in [-0.39, 0.29) is 30.2 Å². The normalized spacial score (nSPS) is 19.4. The third-order valence-electron chi connectivity index (χ3n) is 4.91. The summed E-state index contributed by atoms with van der Waals surface area (Å²) in [6, 6.07) is 6.61. The van der Waals surface area contributed by atoms with E-state index in [1.807, 2.05) is 6.07 Å². The molecule has 2 saturated carbocycles. The molecule has 23 heavy (non-hydrogen) atoms. The Labute approximate surface area is 136 Å². The van der Waals surface area contributed by atoms with E-state index in [1.165, 1.54) is 17.0 Å². The predicted octanol–water partition coefficient (Wildman–Crippen LogP) is 2.37. The van der Waals surface area contributed by atoms with Crippen LogP contribution in [0.1, 0.15) is 44.1 Å². The van der Waals surface area contributed by atoms with Gasteiger partial charge < -0.3 is 10.2 Å². The average molecular weight is 318 g/mol. The molecule has 124 valence electrons. The van der Waals surface area contributed by atoms with Crippen LogP contribution in [0.2, 0.25) is 0 Å². The Kier molecular flexibility index (Phi) is 4.37. The summed E-state index contributed by atoms with van der Waals surface area (Å²) in [4.78, 5) is 26.5. The number of carbonyl (C=O) groups excluding carboxylic acids is 2. The highest BCUT2D eigenvalue weighted by Gasteiger charge is 2.44. The topological polar surface area (TPSA) is 49.4 Å². The van der Waals surface area contributed by atoms with Gasteiger partial charge in [0.1, 0.15) is 5.82 Å². The number of benzene rings is 1. The maximum Gasteiger partial charge on any atom is 0.239 e. The molecule has 0 unspecified atom stereocenters. The van der Waals surface area contributed by atoms with Gasteiger partial charge in [-0.1, -0.05) is 25.0 Å². The number of hydrogen-bond acceptors (Lipinski definition) is 2. The number of nitrogens with zero attached hydrogens (tertiary/aromatic N) is 1. The zero-order valence-electron chi connectivity index (χ0n) is 13.5. The van der Waals surface area contributed by atoms with Crippen LogP contribution in [0.4, 0.5) is 4.39 Å². The van der Waals surface area contributed by atoms with Crippen molar-refractivity contribution in [1.82, 2.24) is 10.2 Å². The fourth-order valence-corrected chi connectivity index (χ4v) is 3.54. The molecule has 0 bridgehead atoms. The minimum Gasteiger partial charge on any atom is -0.352 e. The summed E-state index contributed by atoms with van der Waals surface area (Å²) in [5.41, 5.74) is 0.0472. The Bertz CT molecular complexity index is 607. The van der Waals surface area contributed by atoms with Gasteiger partial charge in [0.25, 0.3) is 0 Å². The van der Waals surface area contributed by atoms with Crippen LogP contribution in [-0.4, -0.2) is 36.3 Å². The van der Waals surface area contributed by atoms with Gasteiger partial charge in [0.05, 0.1) is 12.0 Å². The Hall–Kier alpha value is -1.91. The molecule has 0 aromatic heterocycles. The van der Waals surface area contributed by atoms with E-state index in [4.69, 9.17) is 0 Å². The van der Waals surface area contributed by atoms with Gasteiger partial charge in [0.2, 0.25) is 11.8 Å². The highest BCUT2D eigenvalue weighted by atomic mass is 19.1. The van der Waals surface area contributed by atoms with Crippen molar-refractivity contribution in [3.05, 3.63) is 35.6 Å². The molecule has 0 spiro atoms. The van der Waals surface area contributed by atoms with Crippen LogP contribution in [0.5, 0.6) is 0 Å².